The molecule has 2 fully saturated rings. The summed E-state index contributed by atoms with van der Waals surface area (Å²) >= 11 is 3.54. The molecule has 2 rings (SSSR count). The molecule has 1 nitrogen and oxygen atoms in total. The summed E-state index contributed by atoms with van der Waals surface area (Å²) in [6.45, 7) is 2.43. The van der Waals surface area contributed by atoms with E-state index in [1.807, 2.05) is 0 Å². The van der Waals surface area contributed by atoms with Gasteiger partial charge in [-0.3, -0.25) is 0 Å². The Balaban J connectivity index is 1.96. The predicted molar refractivity (Wildman–Crippen MR) is 62.9 cm³/mol. The maximum atomic E-state index is 6.18. The zero-order valence-electron chi connectivity index (χ0n) is 9.10. The summed E-state index contributed by atoms with van der Waals surface area (Å²) in [4.78, 5) is 0. The van der Waals surface area contributed by atoms with Gasteiger partial charge in [-0.1, -0.05) is 35.7 Å². The second kappa shape index (κ2) is 4.52. The van der Waals surface area contributed by atoms with Gasteiger partial charge in [0.2, 0.25) is 0 Å². The van der Waals surface area contributed by atoms with Gasteiger partial charge >= 0.3 is 0 Å². The van der Waals surface area contributed by atoms with Crippen LogP contribution in [0.3, 0.4) is 0 Å². The van der Waals surface area contributed by atoms with Crippen molar-refractivity contribution in [1.29, 1.82) is 0 Å². The Morgan fingerprint density at radius 1 is 1.21 bits per heavy atom. The maximum Gasteiger partial charge on any atom is 0.0675 e. The predicted octanol–water partition coefficient (Wildman–Crippen LogP) is 3.90. The smallest absolute Gasteiger partial charge is 0.0675 e. The van der Waals surface area contributed by atoms with Crippen LogP contribution in [-0.4, -0.2) is 17.5 Å². The molecular formula is C12H21BrO. The summed E-state index contributed by atoms with van der Waals surface area (Å²) in [7, 11) is 0. The number of hydrogen-bond acceptors (Lipinski definition) is 1. The first kappa shape index (κ1) is 10.9. The molecule has 1 saturated heterocycles. The molecule has 0 N–H and O–H groups in total. The molecule has 1 saturated carbocycles. The molecule has 2 aliphatic rings. The number of ether oxygens (including phenoxy) is 1. The molecule has 14 heavy (non-hydrogen) atoms. The third-order valence-electron chi connectivity index (χ3n) is 4.04. The van der Waals surface area contributed by atoms with Crippen LogP contribution in [-0.2, 0) is 4.74 Å². The average molecular weight is 261 g/mol. The van der Waals surface area contributed by atoms with E-state index in [9.17, 15) is 0 Å². The van der Waals surface area contributed by atoms with E-state index in [0.29, 0.717) is 17.6 Å². The molecule has 1 heterocycles. The van der Waals surface area contributed by atoms with Crippen molar-refractivity contribution in [1.82, 2.24) is 0 Å². The first-order valence-electron chi connectivity index (χ1n) is 5.96. The van der Waals surface area contributed by atoms with Gasteiger partial charge in [0.1, 0.15) is 0 Å². The number of alkyl halides is 1. The monoisotopic (exact) mass is 260 g/mol. The van der Waals surface area contributed by atoms with Crippen molar-refractivity contribution in [2.75, 3.05) is 5.33 Å². The fourth-order valence-corrected chi connectivity index (χ4v) is 3.51. The topological polar surface area (TPSA) is 9.23 Å². The molecule has 82 valence electrons. The van der Waals surface area contributed by atoms with E-state index in [2.05, 4.69) is 22.9 Å². The van der Waals surface area contributed by atoms with Gasteiger partial charge in [0.25, 0.3) is 0 Å². The van der Waals surface area contributed by atoms with Crippen LogP contribution in [0.2, 0.25) is 0 Å². The summed E-state index contributed by atoms with van der Waals surface area (Å²) in [5, 5.41) is 1.01. The third-order valence-corrected chi connectivity index (χ3v) is 4.77. The summed E-state index contributed by atoms with van der Waals surface area (Å²) < 4.78 is 6.18. The van der Waals surface area contributed by atoms with Crippen molar-refractivity contribution in [3.8, 4) is 0 Å². The minimum absolute atomic E-state index is 0.478. The van der Waals surface area contributed by atoms with Crippen LogP contribution in [0.25, 0.3) is 0 Å². The molecular weight excluding hydrogens is 240 g/mol. The second-order valence-corrected chi connectivity index (χ2v) is 5.84. The van der Waals surface area contributed by atoms with Crippen LogP contribution in [0.5, 0.6) is 0 Å². The minimum Gasteiger partial charge on any atom is -0.374 e. The maximum absolute atomic E-state index is 6.18. The normalized spacial score (nSPS) is 37.3. The molecule has 0 aromatic carbocycles. The quantitative estimate of drug-likeness (QED) is 0.685. The van der Waals surface area contributed by atoms with Crippen molar-refractivity contribution in [3.63, 3.8) is 0 Å². The van der Waals surface area contributed by atoms with Crippen molar-refractivity contribution >= 4 is 15.9 Å². The molecule has 0 spiro atoms. The highest BCUT2D eigenvalue weighted by molar-refractivity contribution is 9.09. The zero-order valence-corrected chi connectivity index (χ0v) is 10.7. The van der Waals surface area contributed by atoms with E-state index in [1.54, 1.807) is 0 Å². The van der Waals surface area contributed by atoms with E-state index in [-0.39, 0.29) is 0 Å². The summed E-state index contributed by atoms with van der Waals surface area (Å²) in [6, 6.07) is 0. The molecule has 0 amide bonds. The molecule has 0 aromatic rings. The number of hydrogen-bond donors (Lipinski definition) is 0. The molecule has 0 aromatic heterocycles. The lowest BCUT2D eigenvalue weighted by atomic mass is 9.79. The Morgan fingerprint density at radius 3 is 2.57 bits per heavy atom. The Labute approximate surface area is 95.7 Å². The van der Waals surface area contributed by atoms with E-state index < -0.39 is 0 Å². The van der Waals surface area contributed by atoms with Gasteiger partial charge in [0.15, 0.2) is 0 Å². The van der Waals surface area contributed by atoms with E-state index in [1.165, 1.54) is 44.9 Å². The highest BCUT2D eigenvalue weighted by atomic mass is 79.9. The van der Waals surface area contributed by atoms with E-state index in [0.717, 1.165) is 5.33 Å². The van der Waals surface area contributed by atoms with Crippen molar-refractivity contribution in [2.24, 2.45) is 5.41 Å². The van der Waals surface area contributed by atoms with Gasteiger partial charge in [-0.2, -0.15) is 0 Å². The number of rotatable bonds is 2. The largest absolute Gasteiger partial charge is 0.374 e. The van der Waals surface area contributed by atoms with Gasteiger partial charge in [-0.05, 0) is 37.5 Å². The summed E-state index contributed by atoms with van der Waals surface area (Å²) in [5.41, 5.74) is 0.501. The molecule has 0 radical (unpaired) electrons. The molecule has 0 bridgehead atoms. The van der Waals surface area contributed by atoms with Crippen LogP contribution in [0.15, 0.2) is 0 Å². The van der Waals surface area contributed by atoms with Gasteiger partial charge < -0.3 is 4.74 Å². The third kappa shape index (κ3) is 2.16. The molecule has 1 aliphatic heterocycles. The van der Waals surface area contributed by atoms with Crippen LogP contribution in [0.4, 0.5) is 0 Å². The highest BCUT2D eigenvalue weighted by Gasteiger charge is 2.39. The Kier molecular flexibility index (Phi) is 3.54. The first-order chi connectivity index (χ1) is 6.74. The summed E-state index contributed by atoms with van der Waals surface area (Å²) in [6.07, 6.45) is 10.5. The summed E-state index contributed by atoms with van der Waals surface area (Å²) in [5.74, 6) is 0. The average Bonchev–Trinajstić information content (AvgIpc) is 2.67. The SMILES string of the molecule is CC1(C2CCCC(CBr)O2)CCCC1. The molecule has 2 atom stereocenters. The fourth-order valence-electron chi connectivity index (χ4n) is 3.03. The first-order valence-corrected chi connectivity index (χ1v) is 7.08. The van der Waals surface area contributed by atoms with Crippen LogP contribution < -0.4 is 0 Å². The van der Waals surface area contributed by atoms with E-state index >= 15 is 0 Å². The van der Waals surface area contributed by atoms with Crippen LogP contribution in [0.1, 0.15) is 51.9 Å². The van der Waals surface area contributed by atoms with Crippen molar-refractivity contribution < 1.29 is 4.74 Å². The van der Waals surface area contributed by atoms with E-state index in [4.69, 9.17) is 4.74 Å². The van der Waals surface area contributed by atoms with Gasteiger partial charge in [-0.15, -0.1) is 0 Å². The van der Waals surface area contributed by atoms with Crippen LogP contribution in [0, 0.1) is 5.41 Å². The van der Waals surface area contributed by atoms with Crippen molar-refractivity contribution in [3.05, 3.63) is 0 Å². The highest BCUT2D eigenvalue weighted by Crippen LogP contribution is 2.45. The van der Waals surface area contributed by atoms with Gasteiger partial charge in [0, 0.05) is 5.33 Å². The Bertz CT molecular complexity index is 187. The zero-order chi connectivity index (χ0) is 10.0. The fraction of sp³-hybridized carbons (Fsp3) is 1.00. The molecule has 2 heteroatoms. The second-order valence-electron chi connectivity index (χ2n) is 5.19. The lowest BCUT2D eigenvalue weighted by molar-refractivity contribution is -0.0973. The molecule has 2 unspecified atom stereocenters. The molecule has 1 aliphatic carbocycles. The Morgan fingerprint density at radius 2 is 1.93 bits per heavy atom. The van der Waals surface area contributed by atoms with Gasteiger partial charge in [-0.25, -0.2) is 0 Å². The van der Waals surface area contributed by atoms with Crippen molar-refractivity contribution in [2.45, 2.75) is 64.1 Å². The number of halogens is 1. The lowest BCUT2D eigenvalue weighted by Crippen LogP contribution is -2.39. The standard InChI is InChI=1S/C12H21BrO/c1-12(7-2-3-8-12)11-6-4-5-10(9-13)14-11/h10-11H,2-9H2,1H3. The lowest BCUT2D eigenvalue weighted by Gasteiger charge is -2.39. The van der Waals surface area contributed by atoms with Crippen LogP contribution >= 0.6 is 15.9 Å². The minimum atomic E-state index is 0.478. The van der Waals surface area contributed by atoms with Gasteiger partial charge in [0.05, 0.1) is 12.2 Å². The Hall–Kier alpha value is 0.440.